The van der Waals surface area contributed by atoms with Crippen LogP contribution in [0, 0.1) is 0 Å². The van der Waals surface area contributed by atoms with Crippen molar-refractivity contribution < 1.29 is 0 Å². The summed E-state index contributed by atoms with van der Waals surface area (Å²) in [5.74, 6) is 0.187. The number of nitrogens with zero attached hydrogens (tertiary/aromatic N) is 1. The van der Waals surface area contributed by atoms with Crippen LogP contribution >= 0.6 is 11.3 Å². The zero-order valence-corrected chi connectivity index (χ0v) is 25.3. The van der Waals surface area contributed by atoms with Crippen LogP contribution in [0.3, 0.4) is 0 Å². The summed E-state index contributed by atoms with van der Waals surface area (Å²) in [5.41, 5.74) is 13.0. The second kappa shape index (κ2) is 9.53. The maximum Gasteiger partial charge on any atom is 0.0547 e. The van der Waals surface area contributed by atoms with Crippen LogP contribution in [-0.4, -0.2) is 4.57 Å². The Morgan fingerprint density at radius 1 is 0.422 bits per heavy atom. The fraction of sp³-hybridized carbons (Fsp3) is 0.0233. The van der Waals surface area contributed by atoms with E-state index in [4.69, 9.17) is 0 Å². The smallest absolute Gasteiger partial charge is 0.0547 e. The Labute approximate surface area is 265 Å². The van der Waals surface area contributed by atoms with Crippen LogP contribution in [0.5, 0.6) is 0 Å². The molecule has 1 atom stereocenters. The number of para-hydroxylation sites is 2. The maximum absolute atomic E-state index is 2.46. The molecular formula is C43H27NS. The molecule has 0 aliphatic heterocycles. The van der Waals surface area contributed by atoms with E-state index < -0.39 is 0 Å². The van der Waals surface area contributed by atoms with E-state index in [1.807, 2.05) is 11.3 Å². The Kier molecular flexibility index (Phi) is 5.28. The van der Waals surface area contributed by atoms with Gasteiger partial charge in [-0.05, 0) is 75.3 Å². The topological polar surface area (TPSA) is 4.93 Å². The largest absolute Gasteiger partial charge is 0.309 e. The molecule has 0 bridgehead atoms. The number of thiophene rings is 1. The Bertz CT molecular complexity index is 2600. The minimum atomic E-state index is 0.187. The normalized spacial score (nSPS) is 14.0. The fourth-order valence-corrected chi connectivity index (χ4v) is 8.97. The second-order valence-electron chi connectivity index (χ2n) is 12.1. The minimum Gasteiger partial charge on any atom is -0.309 e. The zero-order chi connectivity index (χ0) is 29.5. The average Bonchev–Trinajstić information content (AvgIpc) is 3.76. The van der Waals surface area contributed by atoms with Gasteiger partial charge in [0.2, 0.25) is 0 Å². The molecular weight excluding hydrogens is 563 g/mol. The van der Waals surface area contributed by atoms with E-state index in [-0.39, 0.29) is 5.92 Å². The molecule has 210 valence electrons. The van der Waals surface area contributed by atoms with Crippen molar-refractivity contribution in [3.05, 3.63) is 174 Å². The monoisotopic (exact) mass is 589 g/mol. The molecule has 1 aliphatic carbocycles. The molecule has 0 saturated carbocycles. The van der Waals surface area contributed by atoms with Crippen LogP contribution in [0.2, 0.25) is 0 Å². The molecule has 7 aromatic carbocycles. The van der Waals surface area contributed by atoms with Crippen molar-refractivity contribution in [1.29, 1.82) is 0 Å². The molecule has 0 fully saturated rings. The molecule has 0 spiro atoms. The standard InChI is InChI=1S/C43H27NS/c1-2-11-29(12-3-1)44-39-19-8-6-14-32(39)33-24-22-28(26-40(33)44)27-21-23-31-30-13-4-5-16-35(30)42(38(31)25-27)37-18-10-17-36-34-15-7-9-20-41(34)45-43(36)37/h1-26,42H. The average molecular weight is 590 g/mol. The lowest BCUT2D eigenvalue weighted by molar-refractivity contribution is 1.03. The molecule has 0 saturated heterocycles. The predicted octanol–water partition coefficient (Wildman–Crippen LogP) is 12.0. The number of rotatable bonds is 3. The van der Waals surface area contributed by atoms with Crippen LogP contribution in [0.1, 0.15) is 22.6 Å². The van der Waals surface area contributed by atoms with Crippen LogP contribution in [-0.2, 0) is 0 Å². The third-order valence-electron chi connectivity index (χ3n) is 9.69. The lowest BCUT2D eigenvalue weighted by atomic mass is 9.87. The first-order chi connectivity index (χ1) is 22.3. The third kappa shape index (κ3) is 3.61. The summed E-state index contributed by atoms with van der Waals surface area (Å²) in [5, 5.41) is 5.26. The Morgan fingerprint density at radius 3 is 2.02 bits per heavy atom. The molecule has 10 rings (SSSR count). The van der Waals surface area contributed by atoms with Crippen molar-refractivity contribution in [3.8, 4) is 27.9 Å². The van der Waals surface area contributed by atoms with Gasteiger partial charge in [-0.25, -0.2) is 0 Å². The van der Waals surface area contributed by atoms with E-state index in [0.29, 0.717) is 0 Å². The molecule has 45 heavy (non-hydrogen) atoms. The SMILES string of the molecule is c1ccc(-n2c3ccccc3c3ccc(-c4ccc5c(c4)C(c4cccc6c4sc4ccccc46)c4ccccc4-5)cc32)cc1. The van der Waals surface area contributed by atoms with Crippen molar-refractivity contribution in [2.45, 2.75) is 5.92 Å². The Hall–Kier alpha value is -5.44. The van der Waals surface area contributed by atoms with Crippen molar-refractivity contribution in [1.82, 2.24) is 4.57 Å². The summed E-state index contributed by atoms with van der Waals surface area (Å²) >= 11 is 1.93. The van der Waals surface area contributed by atoms with Crippen molar-refractivity contribution >= 4 is 53.3 Å². The molecule has 2 heteroatoms. The summed E-state index contributed by atoms with van der Waals surface area (Å²) in [6.45, 7) is 0. The number of hydrogen-bond donors (Lipinski definition) is 0. The van der Waals surface area contributed by atoms with E-state index in [2.05, 4.69) is 162 Å². The van der Waals surface area contributed by atoms with Gasteiger partial charge in [-0.3, -0.25) is 0 Å². The van der Waals surface area contributed by atoms with Crippen LogP contribution in [0.15, 0.2) is 158 Å². The number of fused-ring (bicyclic) bond motifs is 9. The summed E-state index contributed by atoms with van der Waals surface area (Å²) in [4.78, 5) is 0. The van der Waals surface area contributed by atoms with E-state index in [0.717, 1.165) is 0 Å². The van der Waals surface area contributed by atoms with E-state index in [1.165, 1.54) is 86.6 Å². The second-order valence-corrected chi connectivity index (χ2v) is 13.1. The summed E-state index contributed by atoms with van der Waals surface area (Å²) < 4.78 is 5.15. The van der Waals surface area contributed by atoms with Crippen molar-refractivity contribution in [2.75, 3.05) is 0 Å². The first-order valence-electron chi connectivity index (χ1n) is 15.6. The molecule has 0 N–H and O–H groups in total. The number of aromatic nitrogens is 1. The van der Waals surface area contributed by atoms with Gasteiger partial charge >= 0.3 is 0 Å². The van der Waals surface area contributed by atoms with Crippen molar-refractivity contribution in [3.63, 3.8) is 0 Å². The summed E-state index contributed by atoms with van der Waals surface area (Å²) in [6, 6.07) is 58.3. The first-order valence-corrected chi connectivity index (χ1v) is 16.4. The van der Waals surface area contributed by atoms with Gasteiger partial charge in [-0.15, -0.1) is 11.3 Å². The maximum atomic E-state index is 2.46. The molecule has 2 heterocycles. The van der Waals surface area contributed by atoms with E-state index in [9.17, 15) is 0 Å². The van der Waals surface area contributed by atoms with Gasteiger partial charge < -0.3 is 4.57 Å². The van der Waals surface area contributed by atoms with E-state index in [1.54, 1.807) is 0 Å². The highest BCUT2D eigenvalue weighted by Gasteiger charge is 2.31. The highest BCUT2D eigenvalue weighted by atomic mass is 32.1. The highest BCUT2D eigenvalue weighted by Crippen LogP contribution is 2.52. The number of hydrogen-bond acceptors (Lipinski definition) is 1. The van der Waals surface area contributed by atoms with Gasteiger partial charge in [-0.1, -0.05) is 121 Å². The van der Waals surface area contributed by atoms with Crippen LogP contribution in [0.4, 0.5) is 0 Å². The predicted molar refractivity (Wildman–Crippen MR) is 192 cm³/mol. The lowest BCUT2D eigenvalue weighted by Gasteiger charge is -2.16. The lowest BCUT2D eigenvalue weighted by Crippen LogP contribution is -1.99. The Morgan fingerprint density at radius 2 is 1.09 bits per heavy atom. The molecule has 9 aromatic rings. The van der Waals surface area contributed by atoms with Crippen LogP contribution < -0.4 is 0 Å². The summed E-state index contributed by atoms with van der Waals surface area (Å²) in [6.07, 6.45) is 0. The molecule has 1 nitrogen and oxygen atoms in total. The van der Waals surface area contributed by atoms with Crippen LogP contribution in [0.25, 0.3) is 69.9 Å². The quantitative estimate of drug-likeness (QED) is 0.193. The zero-order valence-electron chi connectivity index (χ0n) is 24.4. The Balaban J connectivity index is 1.19. The van der Waals surface area contributed by atoms with Gasteiger partial charge in [0.1, 0.15) is 0 Å². The third-order valence-corrected chi connectivity index (χ3v) is 10.9. The number of benzene rings is 7. The van der Waals surface area contributed by atoms with Gasteiger partial charge in [-0.2, -0.15) is 0 Å². The highest BCUT2D eigenvalue weighted by molar-refractivity contribution is 7.26. The van der Waals surface area contributed by atoms with E-state index >= 15 is 0 Å². The van der Waals surface area contributed by atoms with Gasteiger partial charge in [0.05, 0.1) is 11.0 Å². The molecule has 1 unspecified atom stereocenters. The first kappa shape index (κ1) is 24.9. The van der Waals surface area contributed by atoms with Gasteiger partial charge in [0, 0.05) is 42.6 Å². The minimum absolute atomic E-state index is 0.187. The summed E-state index contributed by atoms with van der Waals surface area (Å²) in [7, 11) is 0. The fourth-order valence-electron chi connectivity index (χ4n) is 7.72. The van der Waals surface area contributed by atoms with Crippen molar-refractivity contribution in [2.24, 2.45) is 0 Å². The molecule has 0 amide bonds. The van der Waals surface area contributed by atoms with Gasteiger partial charge in [0.15, 0.2) is 0 Å². The molecule has 1 aliphatic rings. The van der Waals surface area contributed by atoms with Gasteiger partial charge in [0.25, 0.3) is 0 Å². The molecule has 0 radical (unpaired) electrons. The molecule has 2 aromatic heterocycles.